The zero-order valence-corrected chi connectivity index (χ0v) is 12.8. The smallest absolute Gasteiger partial charge is 0.0945 e. The fourth-order valence-corrected chi connectivity index (χ4v) is 2.29. The predicted octanol–water partition coefficient (Wildman–Crippen LogP) is 3.88. The molecule has 0 radical (unpaired) electrons. The Hall–Kier alpha value is -0.830. The minimum Gasteiger partial charge on any atom is -0.396 e. The summed E-state index contributed by atoms with van der Waals surface area (Å²) < 4.78 is 2.13. The third-order valence-electron chi connectivity index (χ3n) is 3.65. The van der Waals surface area contributed by atoms with E-state index in [1.165, 1.54) is 25.7 Å². The highest BCUT2D eigenvalue weighted by atomic mass is 16.3. The Bertz CT molecular complexity index is 314. The average molecular weight is 266 g/mol. The number of aryl methyl sites for hydroxylation is 1. The lowest BCUT2D eigenvalue weighted by Gasteiger charge is -2.22. The van der Waals surface area contributed by atoms with Crippen molar-refractivity contribution in [3.05, 3.63) is 18.7 Å². The quantitative estimate of drug-likeness (QED) is 0.689. The van der Waals surface area contributed by atoms with Gasteiger partial charge in [0.05, 0.1) is 6.33 Å². The molecule has 1 aromatic heterocycles. The number of aliphatic hydroxyl groups is 1. The Morgan fingerprint density at radius 1 is 1.16 bits per heavy atom. The number of nitrogens with zero attached hydrogens (tertiary/aromatic N) is 2. The molecule has 1 aromatic rings. The molecule has 1 rings (SSSR count). The van der Waals surface area contributed by atoms with E-state index in [0.717, 1.165) is 19.4 Å². The number of rotatable bonds is 9. The number of aromatic nitrogens is 2. The summed E-state index contributed by atoms with van der Waals surface area (Å²) >= 11 is 0. The Labute approximate surface area is 118 Å². The molecule has 0 aromatic carbocycles. The molecule has 19 heavy (non-hydrogen) atoms. The van der Waals surface area contributed by atoms with Crippen LogP contribution >= 0.6 is 0 Å². The standard InChI is InChI=1S/C16H30N2O/c1-16(2,3)9-8-15(13-19)7-5-4-6-11-18-12-10-17-14-18/h10,12,14-15,19H,4-9,11,13H2,1-3H3/t15-/m1/s1. The summed E-state index contributed by atoms with van der Waals surface area (Å²) in [5.74, 6) is 0.493. The van der Waals surface area contributed by atoms with Crippen LogP contribution in [0.4, 0.5) is 0 Å². The fraction of sp³-hybridized carbons (Fsp3) is 0.812. The van der Waals surface area contributed by atoms with Crippen molar-refractivity contribution in [2.45, 2.75) is 65.8 Å². The number of aliphatic hydroxyl groups excluding tert-OH is 1. The van der Waals surface area contributed by atoms with Crippen molar-refractivity contribution < 1.29 is 5.11 Å². The highest BCUT2D eigenvalue weighted by Gasteiger charge is 2.14. The van der Waals surface area contributed by atoms with Crippen molar-refractivity contribution in [2.75, 3.05) is 6.61 Å². The predicted molar refractivity (Wildman–Crippen MR) is 80.0 cm³/mol. The van der Waals surface area contributed by atoms with Crippen molar-refractivity contribution in [1.82, 2.24) is 9.55 Å². The third kappa shape index (κ3) is 8.04. The first-order chi connectivity index (χ1) is 9.01. The minimum atomic E-state index is 0.345. The van der Waals surface area contributed by atoms with E-state index >= 15 is 0 Å². The lowest BCUT2D eigenvalue weighted by atomic mass is 9.85. The van der Waals surface area contributed by atoms with Crippen LogP contribution in [0.2, 0.25) is 0 Å². The summed E-state index contributed by atoms with van der Waals surface area (Å²) in [5.41, 5.74) is 0.384. The molecule has 1 atom stereocenters. The molecule has 0 amide bonds. The van der Waals surface area contributed by atoms with Crippen molar-refractivity contribution in [2.24, 2.45) is 11.3 Å². The van der Waals surface area contributed by atoms with Gasteiger partial charge >= 0.3 is 0 Å². The average Bonchev–Trinajstić information content (AvgIpc) is 2.84. The zero-order valence-electron chi connectivity index (χ0n) is 12.8. The number of unbranched alkanes of at least 4 members (excludes halogenated alkanes) is 2. The van der Waals surface area contributed by atoms with Crippen LogP contribution < -0.4 is 0 Å². The molecule has 0 spiro atoms. The molecule has 0 bridgehead atoms. The van der Waals surface area contributed by atoms with Crippen LogP contribution in [-0.4, -0.2) is 21.3 Å². The van der Waals surface area contributed by atoms with Crippen molar-refractivity contribution in [3.63, 3.8) is 0 Å². The summed E-state index contributed by atoms with van der Waals surface area (Å²) in [7, 11) is 0. The van der Waals surface area contributed by atoms with Gasteiger partial charge in [0.2, 0.25) is 0 Å². The van der Waals surface area contributed by atoms with Crippen LogP contribution in [0.3, 0.4) is 0 Å². The van der Waals surface area contributed by atoms with E-state index in [1.54, 1.807) is 0 Å². The minimum absolute atomic E-state index is 0.345. The van der Waals surface area contributed by atoms with E-state index in [4.69, 9.17) is 0 Å². The normalized spacial score (nSPS) is 13.7. The molecule has 0 aliphatic heterocycles. The molecule has 110 valence electrons. The lowest BCUT2D eigenvalue weighted by Crippen LogP contribution is -2.12. The Morgan fingerprint density at radius 2 is 1.95 bits per heavy atom. The topological polar surface area (TPSA) is 38.0 Å². The third-order valence-corrected chi connectivity index (χ3v) is 3.65. The van der Waals surface area contributed by atoms with Crippen LogP contribution in [0.5, 0.6) is 0 Å². The van der Waals surface area contributed by atoms with Crippen molar-refractivity contribution in [3.8, 4) is 0 Å². The maximum atomic E-state index is 9.42. The fourth-order valence-electron chi connectivity index (χ4n) is 2.29. The molecule has 0 aliphatic carbocycles. The Morgan fingerprint density at radius 3 is 2.53 bits per heavy atom. The van der Waals surface area contributed by atoms with Crippen LogP contribution in [0.15, 0.2) is 18.7 Å². The summed E-state index contributed by atoms with van der Waals surface area (Å²) in [4.78, 5) is 4.04. The number of hydrogen-bond acceptors (Lipinski definition) is 2. The second kappa shape index (κ2) is 8.36. The first-order valence-electron chi connectivity index (χ1n) is 7.58. The highest BCUT2D eigenvalue weighted by molar-refractivity contribution is 4.73. The van der Waals surface area contributed by atoms with Gasteiger partial charge in [-0.25, -0.2) is 4.98 Å². The van der Waals surface area contributed by atoms with Gasteiger partial charge in [-0.2, -0.15) is 0 Å². The van der Waals surface area contributed by atoms with Crippen LogP contribution in [0.1, 0.15) is 59.3 Å². The van der Waals surface area contributed by atoms with E-state index in [1.807, 2.05) is 18.7 Å². The van der Waals surface area contributed by atoms with Crippen molar-refractivity contribution >= 4 is 0 Å². The molecule has 0 unspecified atom stereocenters. The largest absolute Gasteiger partial charge is 0.396 e. The van der Waals surface area contributed by atoms with Crippen LogP contribution in [0, 0.1) is 11.3 Å². The van der Waals surface area contributed by atoms with Gasteiger partial charge < -0.3 is 9.67 Å². The summed E-state index contributed by atoms with van der Waals surface area (Å²) in [6, 6.07) is 0. The maximum Gasteiger partial charge on any atom is 0.0945 e. The Balaban J connectivity index is 2.05. The molecule has 1 heterocycles. The van der Waals surface area contributed by atoms with Crippen molar-refractivity contribution in [1.29, 1.82) is 0 Å². The molecular formula is C16H30N2O. The van der Waals surface area contributed by atoms with Crippen LogP contribution in [0.25, 0.3) is 0 Å². The van der Waals surface area contributed by atoms with Crippen LogP contribution in [-0.2, 0) is 6.54 Å². The molecule has 3 heteroatoms. The molecule has 0 fully saturated rings. The summed E-state index contributed by atoms with van der Waals surface area (Å²) in [6.07, 6.45) is 12.9. The van der Waals surface area contributed by atoms with E-state index < -0.39 is 0 Å². The SMILES string of the molecule is CC(C)(C)CC[C@H](CO)CCCCCn1ccnc1. The second-order valence-electron chi connectivity index (χ2n) is 6.80. The van der Waals surface area contributed by atoms with Gasteiger partial charge in [0, 0.05) is 25.5 Å². The van der Waals surface area contributed by atoms with Gasteiger partial charge in [-0.1, -0.05) is 33.6 Å². The van der Waals surface area contributed by atoms with Gasteiger partial charge in [-0.05, 0) is 37.0 Å². The van der Waals surface area contributed by atoms with Gasteiger partial charge in [0.15, 0.2) is 0 Å². The van der Waals surface area contributed by atoms with E-state index in [0.29, 0.717) is 17.9 Å². The molecule has 1 N–H and O–H groups in total. The van der Waals surface area contributed by atoms with E-state index in [-0.39, 0.29) is 0 Å². The maximum absolute atomic E-state index is 9.42. The molecule has 0 aliphatic rings. The van der Waals surface area contributed by atoms with Gasteiger partial charge in [-0.15, -0.1) is 0 Å². The second-order valence-corrected chi connectivity index (χ2v) is 6.80. The van der Waals surface area contributed by atoms with E-state index in [9.17, 15) is 5.11 Å². The monoisotopic (exact) mass is 266 g/mol. The molecule has 0 saturated heterocycles. The van der Waals surface area contributed by atoms with E-state index in [2.05, 4.69) is 30.3 Å². The summed E-state index contributed by atoms with van der Waals surface area (Å²) in [6.45, 7) is 8.22. The number of imidazole rings is 1. The Kier molecular flexibility index (Phi) is 7.14. The van der Waals surface area contributed by atoms with Gasteiger partial charge in [-0.3, -0.25) is 0 Å². The highest BCUT2D eigenvalue weighted by Crippen LogP contribution is 2.25. The zero-order chi connectivity index (χ0) is 14.1. The molecule has 0 saturated carbocycles. The number of hydrogen-bond donors (Lipinski definition) is 1. The first-order valence-corrected chi connectivity index (χ1v) is 7.58. The first kappa shape index (κ1) is 16.2. The molecule has 3 nitrogen and oxygen atoms in total. The van der Waals surface area contributed by atoms with Gasteiger partial charge in [0.1, 0.15) is 0 Å². The lowest BCUT2D eigenvalue weighted by molar-refractivity contribution is 0.190. The summed E-state index contributed by atoms with van der Waals surface area (Å²) in [5, 5.41) is 9.42. The van der Waals surface area contributed by atoms with Gasteiger partial charge in [0.25, 0.3) is 0 Å². The molecular weight excluding hydrogens is 236 g/mol.